The summed E-state index contributed by atoms with van der Waals surface area (Å²) in [6, 6.07) is 14.5. The first kappa shape index (κ1) is 13.1. The molecular weight excluding hydrogens is 242 g/mol. The Morgan fingerprint density at radius 3 is 2.44 bits per heavy atom. The predicted molar refractivity (Wildman–Crippen MR) is 77.9 cm³/mol. The Hall–Kier alpha value is -1.31. The number of rotatable bonds is 4. The largest absolute Gasteiger partial charge is 0.309 e. The number of benzene rings is 2. The second-order valence-electron chi connectivity index (χ2n) is 4.62. The lowest BCUT2D eigenvalue weighted by molar-refractivity contribution is 0.690. The van der Waals surface area contributed by atoms with Crippen LogP contribution in [0.3, 0.4) is 0 Å². The van der Waals surface area contributed by atoms with Gasteiger partial charge < -0.3 is 5.32 Å². The third kappa shape index (κ3) is 3.34. The van der Waals surface area contributed by atoms with Crippen LogP contribution in [-0.2, 0) is 13.1 Å². The van der Waals surface area contributed by atoms with Crippen LogP contribution in [0.2, 0.25) is 5.02 Å². The number of hydrogen-bond donors (Lipinski definition) is 1. The highest BCUT2D eigenvalue weighted by atomic mass is 35.5. The van der Waals surface area contributed by atoms with Crippen molar-refractivity contribution in [3.05, 3.63) is 69.7 Å². The van der Waals surface area contributed by atoms with Crippen molar-refractivity contribution in [3.63, 3.8) is 0 Å². The lowest BCUT2D eigenvalue weighted by atomic mass is 10.1. The molecule has 0 amide bonds. The van der Waals surface area contributed by atoms with Gasteiger partial charge in [-0.25, -0.2) is 0 Å². The molecule has 2 heteroatoms. The molecule has 0 atom stereocenters. The molecule has 0 aliphatic heterocycles. The zero-order valence-electron chi connectivity index (χ0n) is 10.8. The third-order valence-corrected chi connectivity index (χ3v) is 3.46. The number of nitrogens with one attached hydrogen (secondary N) is 1. The molecule has 2 rings (SSSR count). The highest BCUT2D eigenvalue weighted by Gasteiger charge is 2.01. The summed E-state index contributed by atoms with van der Waals surface area (Å²) in [5.41, 5.74) is 5.12. The van der Waals surface area contributed by atoms with Crippen molar-refractivity contribution >= 4 is 11.6 Å². The maximum absolute atomic E-state index is 6.12. The van der Waals surface area contributed by atoms with Gasteiger partial charge in [-0.1, -0.05) is 53.6 Å². The summed E-state index contributed by atoms with van der Waals surface area (Å²) in [6.45, 7) is 5.94. The van der Waals surface area contributed by atoms with E-state index in [0.29, 0.717) is 0 Å². The van der Waals surface area contributed by atoms with Crippen molar-refractivity contribution < 1.29 is 0 Å². The standard InChI is InChI=1S/C16H18ClN/c1-12-7-8-13(2)15(9-12)11-18-10-14-5-3-4-6-16(14)17/h3-9,18H,10-11H2,1-2H3. The Labute approximate surface area is 114 Å². The minimum absolute atomic E-state index is 0.799. The molecule has 94 valence electrons. The molecule has 0 saturated carbocycles. The fourth-order valence-corrected chi connectivity index (χ4v) is 2.17. The van der Waals surface area contributed by atoms with E-state index in [1.165, 1.54) is 16.7 Å². The topological polar surface area (TPSA) is 12.0 Å². The summed E-state index contributed by atoms with van der Waals surface area (Å²) in [5, 5.41) is 4.27. The van der Waals surface area contributed by atoms with Gasteiger partial charge in [-0.15, -0.1) is 0 Å². The quantitative estimate of drug-likeness (QED) is 0.866. The number of hydrogen-bond acceptors (Lipinski definition) is 1. The van der Waals surface area contributed by atoms with Crippen molar-refractivity contribution in [3.8, 4) is 0 Å². The van der Waals surface area contributed by atoms with E-state index in [0.717, 1.165) is 23.7 Å². The molecule has 0 spiro atoms. The molecule has 0 radical (unpaired) electrons. The molecule has 1 nitrogen and oxygen atoms in total. The van der Waals surface area contributed by atoms with Gasteiger partial charge in [-0.05, 0) is 36.6 Å². The minimum Gasteiger partial charge on any atom is -0.309 e. The van der Waals surface area contributed by atoms with Gasteiger partial charge in [0, 0.05) is 18.1 Å². The van der Waals surface area contributed by atoms with Crippen LogP contribution in [0.5, 0.6) is 0 Å². The highest BCUT2D eigenvalue weighted by molar-refractivity contribution is 6.31. The van der Waals surface area contributed by atoms with Gasteiger partial charge in [0.15, 0.2) is 0 Å². The van der Waals surface area contributed by atoms with Gasteiger partial charge in [-0.3, -0.25) is 0 Å². The van der Waals surface area contributed by atoms with E-state index in [-0.39, 0.29) is 0 Å². The van der Waals surface area contributed by atoms with E-state index in [1.54, 1.807) is 0 Å². The van der Waals surface area contributed by atoms with Crippen LogP contribution in [0, 0.1) is 13.8 Å². The number of halogens is 1. The Balaban J connectivity index is 1.96. The Bertz CT molecular complexity index is 534. The normalized spacial score (nSPS) is 10.6. The van der Waals surface area contributed by atoms with E-state index in [4.69, 9.17) is 11.6 Å². The Morgan fingerprint density at radius 1 is 0.944 bits per heavy atom. The molecule has 0 saturated heterocycles. The van der Waals surface area contributed by atoms with E-state index in [1.807, 2.05) is 18.2 Å². The smallest absolute Gasteiger partial charge is 0.0450 e. The summed E-state index contributed by atoms with van der Waals surface area (Å²) in [6.07, 6.45) is 0. The minimum atomic E-state index is 0.799. The van der Waals surface area contributed by atoms with Crippen LogP contribution >= 0.6 is 11.6 Å². The lowest BCUT2D eigenvalue weighted by Gasteiger charge is -2.09. The Morgan fingerprint density at radius 2 is 1.67 bits per heavy atom. The maximum atomic E-state index is 6.12. The van der Waals surface area contributed by atoms with E-state index >= 15 is 0 Å². The first-order valence-corrected chi connectivity index (χ1v) is 6.55. The van der Waals surface area contributed by atoms with Gasteiger partial charge in [0.2, 0.25) is 0 Å². The second kappa shape index (κ2) is 6.03. The van der Waals surface area contributed by atoms with Gasteiger partial charge in [0.1, 0.15) is 0 Å². The molecule has 2 aromatic carbocycles. The van der Waals surface area contributed by atoms with Crippen molar-refractivity contribution in [1.82, 2.24) is 5.32 Å². The molecule has 18 heavy (non-hydrogen) atoms. The summed E-state index contributed by atoms with van der Waals surface area (Å²) in [4.78, 5) is 0. The average Bonchev–Trinajstić information content (AvgIpc) is 2.36. The van der Waals surface area contributed by atoms with Crippen LogP contribution in [0.25, 0.3) is 0 Å². The van der Waals surface area contributed by atoms with E-state index in [2.05, 4.69) is 43.4 Å². The van der Waals surface area contributed by atoms with Crippen LogP contribution in [0.1, 0.15) is 22.3 Å². The first-order chi connectivity index (χ1) is 8.66. The second-order valence-corrected chi connectivity index (χ2v) is 5.03. The fraction of sp³-hybridized carbons (Fsp3) is 0.250. The molecule has 0 aliphatic carbocycles. The van der Waals surface area contributed by atoms with Crippen LogP contribution in [0.4, 0.5) is 0 Å². The lowest BCUT2D eigenvalue weighted by Crippen LogP contribution is -2.13. The summed E-state index contributed by atoms with van der Waals surface area (Å²) >= 11 is 6.12. The average molecular weight is 260 g/mol. The molecule has 0 bridgehead atoms. The van der Waals surface area contributed by atoms with Crippen LogP contribution in [-0.4, -0.2) is 0 Å². The molecule has 2 aromatic rings. The summed E-state index contributed by atoms with van der Waals surface area (Å²) in [5.74, 6) is 0. The number of aryl methyl sites for hydroxylation is 2. The van der Waals surface area contributed by atoms with Crippen molar-refractivity contribution in [2.45, 2.75) is 26.9 Å². The molecular formula is C16H18ClN. The van der Waals surface area contributed by atoms with Crippen LogP contribution < -0.4 is 5.32 Å². The zero-order valence-corrected chi connectivity index (χ0v) is 11.6. The molecule has 0 aliphatic rings. The zero-order chi connectivity index (χ0) is 13.0. The predicted octanol–water partition coefficient (Wildman–Crippen LogP) is 4.25. The monoisotopic (exact) mass is 259 g/mol. The Kier molecular flexibility index (Phi) is 4.40. The molecule has 0 fully saturated rings. The van der Waals surface area contributed by atoms with E-state index < -0.39 is 0 Å². The highest BCUT2D eigenvalue weighted by Crippen LogP contribution is 2.15. The molecule has 0 aromatic heterocycles. The van der Waals surface area contributed by atoms with Gasteiger partial charge in [-0.2, -0.15) is 0 Å². The van der Waals surface area contributed by atoms with Gasteiger partial charge in [0.05, 0.1) is 0 Å². The van der Waals surface area contributed by atoms with Crippen molar-refractivity contribution in [2.24, 2.45) is 0 Å². The summed E-state index contributed by atoms with van der Waals surface area (Å²) < 4.78 is 0. The van der Waals surface area contributed by atoms with Crippen LogP contribution in [0.15, 0.2) is 42.5 Å². The van der Waals surface area contributed by atoms with Crippen molar-refractivity contribution in [2.75, 3.05) is 0 Å². The molecule has 1 N–H and O–H groups in total. The molecule has 0 heterocycles. The third-order valence-electron chi connectivity index (χ3n) is 3.09. The fourth-order valence-electron chi connectivity index (χ4n) is 1.96. The maximum Gasteiger partial charge on any atom is 0.0450 e. The SMILES string of the molecule is Cc1ccc(C)c(CNCc2ccccc2Cl)c1. The first-order valence-electron chi connectivity index (χ1n) is 6.17. The van der Waals surface area contributed by atoms with Gasteiger partial charge >= 0.3 is 0 Å². The van der Waals surface area contributed by atoms with E-state index in [9.17, 15) is 0 Å². The molecule has 0 unspecified atom stereocenters. The summed E-state index contributed by atoms with van der Waals surface area (Å²) in [7, 11) is 0. The van der Waals surface area contributed by atoms with Crippen molar-refractivity contribution in [1.29, 1.82) is 0 Å². The van der Waals surface area contributed by atoms with Gasteiger partial charge in [0.25, 0.3) is 0 Å².